The van der Waals surface area contributed by atoms with Crippen molar-refractivity contribution in [2.24, 2.45) is 11.3 Å². The van der Waals surface area contributed by atoms with Gasteiger partial charge in [-0.05, 0) is 54.0 Å². The number of benzene rings is 2. The highest BCUT2D eigenvalue weighted by Crippen LogP contribution is 2.64. The first-order valence-electron chi connectivity index (χ1n) is 8.46. The number of hydrogen-bond donors (Lipinski definition) is 1. The molecule has 3 aliphatic carbocycles. The van der Waals surface area contributed by atoms with Gasteiger partial charge < -0.3 is 5.11 Å². The van der Waals surface area contributed by atoms with Gasteiger partial charge in [-0.2, -0.15) is 0 Å². The van der Waals surface area contributed by atoms with Gasteiger partial charge in [0, 0.05) is 16.9 Å². The molecule has 2 atom stereocenters. The van der Waals surface area contributed by atoms with Gasteiger partial charge in [-0.1, -0.05) is 48.0 Å². The van der Waals surface area contributed by atoms with Gasteiger partial charge in [0.2, 0.25) is 0 Å². The monoisotopic (exact) mass is 336 g/mol. The molecular formula is C21H17ClO2. The summed E-state index contributed by atoms with van der Waals surface area (Å²) in [5.74, 6) is 0.542. The number of allylic oxidation sites excluding steroid dienone is 2. The summed E-state index contributed by atoms with van der Waals surface area (Å²) < 4.78 is 0. The Kier molecular flexibility index (Phi) is 2.82. The van der Waals surface area contributed by atoms with E-state index in [0.717, 1.165) is 47.9 Å². The van der Waals surface area contributed by atoms with Crippen molar-refractivity contribution in [1.82, 2.24) is 0 Å². The lowest BCUT2D eigenvalue weighted by atomic mass is 9.70. The zero-order valence-corrected chi connectivity index (χ0v) is 13.9. The lowest BCUT2D eigenvalue weighted by molar-refractivity contribution is -0.117. The maximum atomic E-state index is 13.1. The number of Topliss-reactive ketones (excluding diaryl/α,β-unsaturated/α-hetero) is 1. The molecule has 3 heteroatoms. The van der Waals surface area contributed by atoms with Gasteiger partial charge in [0.25, 0.3) is 0 Å². The summed E-state index contributed by atoms with van der Waals surface area (Å²) in [5, 5.41) is 10.5. The second kappa shape index (κ2) is 4.73. The third kappa shape index (κ3) is 1.70. The van der Waals surface area contributed by atoms with Crippen LogP contribution in [0.2, 0.25) is 5.02 Å². The van der Waals surface area contributed by atoms with Gasteiger partial charge in [-0.3, -0.25) is 4.79 Å². The molecule has 3 aliphatic rings. The Bertz CT molecular complexity index is 913. The van der Waals surface area contributed by atoms with Crippen LogP contribution in [0, 0.1) is 11.3 Å². The number of carbonyl (C=O) groups is 1. The molecule has 5 rings (SSSR count). The van der Waals surface area contributed by atoms with Crippen LogP contribution in [0.25, 0.3) is 11.1 Å². The number of fused-ring (bicyclic) bond motifs is 3. The van der Waals surface area contributed by atoms with Crippen LogP contribution in [0.5, 0.6) is 5.75 Å². The van der Waals surface area contributed by atoms with Gasteiger partial charge >= 0.3 is 0 Å². The first kappa shape index (κ1) is 14.3. The zero-order valence-electron chi connectivity index (χ0n) is 13.2. The Labute approximate surface area is 145 Å². The summed E-state index contributed by atoms with van der Waals surface area (Å²) in [5.41, 5.74) is 5.14. The van der Waals surface area contributed by atoms with E-state index in [9.17, 15) is 9.90 Å². The van der Waals surface area contributed by atoms with Gasteiger partial charge in [0.1, 0.15) is 5.75 Å². The van der Waals surface area contributed by atoms with Crippen molar-refractivity contribution >= 4 is 28.5 Å². The summed E-state index contributed by atoms with van der Waals surface area (Å²) in [6.45, 7) is 0. The summed E-state index contributed by atoms with van der Waals surface area (Å²) in [6, 6.07) is 13.6. The summed E-state index contributed by atoms with van der Waals surface area (Å²) in [4.78, 5) is 13.1. The minimum absolute atomic E-state index is 0.0174. The highest BCUT2D eigenvalue weighted by atomic mass is 35.5. The molecule has 2 aromatic carbocycles. The molecule has 1 spiro atoms. The fourth-order valence-electron chi connectivity index (χ4n) is 5.08. The summed E-state index contributed by atoms with van der Waals surface area (Å²) >= 11 is 6.41. The molecule has 0 amide bonds. The highest BCUT2D eigenvalue weighted by Gasteiger charge is 2.54. The molecule has 24 heavy (non-hydrogen) atoms. The topological polar surface area (TPSA) is 37.3 Å². The number of halogens is 1. The Morgan fingerprint density at radius 2 is 1.92 bits per heavy atom. The molecule has 0 heterocycles. The van der Waals surface area contributed by atoms with E-state index in [-0.39, 0.29) is 22.9 Å². The summed E-state index contributed by atoms with van der Waals surface area (Å²) in [6.07, 6.45) is 3.74. The third-order valence-corrected chi connectivity index (χ3v) is 6.50. The van der Waals surface area contributed by atoms with E-state index < -0.39 is 0 Å². The van der Waals surface area contributed by atoms with Crippen molar-refractivity contribution in [2.45, 2.75) is 25.7 Å². The van der Waals surface area contributed by atoms with E-state index in [2.05, 4.69) is 0 Å². The number of rotatable bonds is 1. The number of ketones is 1. The first-order valence-corrected chi connectivity index (χ1v) is 8.84. The predicted molar refractivity (Wildman–Crippen MR) is 94.9 cm³/mol. The quantitative estimate of drug-likeness (QED) is 0.805. The van der Waals surface area contributed by atoms with E-state index >= 15 is 0 Å². The standard InChI is InChI=1S/C21H17ClO2/c22-19-15-11-21-9-8-13(10-21)20(24)17(12-4-2-1-3-5-12)18(21)14(15)6-7-16(19)23/h1-7,13,23H,8-11H2/t13-,21+/m1/s1. The average molecular weight is 337 g/mol. The van der Waals surface area contributed by atoms with Crippen LogP contribution in [0.1, 0.15) is 36.0 Å². The Morgan fingerprint density at radius 3 is 2.71 bits per heavy atom. The minimum Gasteiger partial charge on any atom is -0.506 e. The van der Waals surface area contributed by atoms with E-state index in [1.807, 2.05) is 36.4 Å². The Morgan fingerprint density at radius 1 is 1.12 bits per heavy atom. The fourth-order valence-corrected chi connectivity index (χ4v) is 5.32. The molecule has 1 fully saturated rings. The van der Waals surface area contributed by atoms with Crippen molar-refractivity contribution in [1.29, 1.82) is 0 Å². The van der Waals surface area contributed by atoms with E-state index in [1.54, 1.807) is 6.07 Å². The number of hydrogen-bond acceptors (Lipinski definition) is 2. The van der Waals surface area contributed by atoms with Crippen molar-refractivity contribution in [3.05, 3.63) is 64.2 Å². The zero-order chi connectivity index (χ0) is 16.5. The largest absolute Gasteiger partial charge is 0.506 e. The summed E-state index contributed by atoms with van der Waals surface area (Å²) in [7, 11) is 0. The number of carbonyl (C=O) groups excluding carboxylic acids is 1. The van der Waals surface area contributed by atoms with E-state index in [0.29, 0.717) is 5.02 Å². The molecule has 0 aromatic heterocycles. The number of phenols is 1. The molecule has 2 bridgehead atoms. The van der Waals surface area contributed by atoms with Gasteiger partial charge in [-0.15, -0.1) is 0 Å². The molecule has 120 valence electrons. The molecule has 1 N–H and O–H groups in total. The molecular weight excluding hydrogens is 320 g/mol. The van der Waals surface area contributed by atoms with Gasteiger partial charge in [0.05, 0.1) is 5.02 Å². The normalized spacial score (nSPS) is 27.4. The molecule has 2 aromatic rings. The van der Waals surface area contributed by atoms with Crippen molar-refractivity contribution in [3.8, 4) is 5.75 Å². The van der Waals surface area contributed by atoms with Crippen LogP contribution < -0.4 is 0 Å². The van der Waals surface area contributed by atoms with Crippen LogP contribution in [-0.4, -0.2) is 10.9 Å². The molecule has 0 unspecified atom stereocenters. The maximum Gasteiger partial charge on any atom is 0.166 e. The van der Waals surface area contributed by atoms with Crippen LogP contribution in [0.3, 0.4) is 0 Å². The van der Waals surface area contributed by atoms with E-state index in [1.165, 1.54) is 5.57 Å². The third-order valence-electron chi connectivity index (χ3n) is 6.08. The van der Waals surface area contributed by atoms with Crippen LogP contribution in [0.15, 0.2) is 42.5 Å². The Balaban J connectivity index is 1.86. The SMILES string of the molecule is O=C1C(c2ccccc2)=C2c3ccc(O)c(Cl)c3C[C@@]23CC[C@@H]1C3. The lowest BCUT2D eigenvalue weighted by Crippen LogP contribution is -2.27. The second-order valence-corrected chi connectivity index (χ2v) is 7.68. The van der Waals surface area contributed by atoms with Crippen molar-refractivity contribution < 1.29 is 9.90 Å². The second-order valence-electron chi connectivity index (χ2n) is 7.30. The molecule has 0 aliphatic heterocycles. The van der Waals surface area contributed by atoms with Crippen molar-refractivity contribution in [3.63, 3.8) is 0 Å². The Hall–Kier alpha value is -2.06. The van der Waals surface area contributed by atoms with E-state index in [4.69, 9.17) is 11.6 Å². The molecule has 0 radical (unpaired) electrons. The highest BCUT2D eigenvalue weighted by molar-refractivity contribution is 6.35. The predicted octanol–water partition coefficient (Wildman–Crippen LogP) is 4.88. The van der Waals surface area contributed by atoms with Crippen molar-refractivity contribution in [2.75, 3.05) is 0 Å². The molecule has 0 saturated heterocycles. The maximum absolute atomic E-state index is 13.1. The molecule has 2 nitrogen and oxygen atoms in total. The fraction of sp³-hybridized carbons (Fsp3) is 0.286. The number of phenolic OH excluding ortho intramolecular Hbond substituents is 1. The van der Waals surface area contributed by atoms with Crippen LogP contribution in [-0.2, 0) is 11.2 Å². The smallest absolute Gasteiger partial charge is 0.166 e. The first-order chi connectivity index (χ1) is 11.6. The average Bonchev–Trinajstić information content (AvgIpc) is 3.14. The number of aromatic hydroxyl groups is 1. The van der Waals surface area contributed by atoms with Gasteiger partial charge in [0.15, 0.2) is 5.78 Å². The van der Waals surface area contributed by atoms with Crippen LogP contribution in [0.4, 0.5) is 0 Å². The molecule has 1 saturated carbocycles. The van der Waals surface area contributed by atoms with Gasteiger partial charge in [-0.25, -0.2) is 0 Å². The van der Waals surface area contributed by atoms with Crippen LogP contribution >= 0.6 is 11.6 Å². The minimum atomic E-state index is 0.0174. The lowest BCUT2D eigenvalue weighted by Gasteiger charge is -2.32.